The number of nitriles is 1. The van der Waals surface area contributed by atoms with Gasteiger partial charge in [-0.3, -0.25) is 0 Å². The molecular formula is C19H24N6O. The molecule has 0 spiro atoms. The van der Waals surface area contributed by atoms with Gasteiger partial charge in [-0.15, -0.1) is 0 Å². The minimum atomic E-state index is -0.622. The van der Waals surface area contributed by atoms with Gasteiger partial charge < -0.3 is 20.0 Å². The largest absolute Gasteiger partial charge is 0.385 e. The summed E-state index contributed by atoms with van der Waals surface area (Å²) in [5, 5.41) is 23.5. The Balaban J connectivity index is 1.66. The Morgan fingerprint density at radius 3 is 2.96 bits per heavy atom. The number of aromatic amines is 1. The summed E-state index contributed by atoms with van der Waals surface area (Å²) in [7, 11) is 0. The van der Waals surface area contributed by atoms with E-state index in [9.17, 15) is 5.11 Å². The molecule has 4 rings (SSSR count). The molecule has 0 radical (unpaired) electrons. The lowest BCUT2D eigenvalue weighted by Crippen LogP contribution is -2.34. The average molecular weight is 352 g/mol. The maximum Gasteiger partial charge on any atom is 0.139 e. The van der Waals surface area contributed by atoms with E-state index in [-0.39, 0.29) is 0 Å². The van der Waals surface area contributed by atoms with E-state index in [1.165, 1.54) is 0 Å². The molecule has 0 aliphatic heterocycles. The molecule has 1 saturated carbocycles. The van der Waals surface area contributed by atoms with Crippen molar-refractivity contribution in [3.63, 3.8) is 0 Å². The number of pyridine rings is 1. The van der Waals surface area contributed by atoms with Crippen LogP contribution in [0.3, 0.4) is 0 Å². The lowest BCUT2D eigenvalue weighted by atomic mass is 9.90. The van der Waals surface area contributed by atoms with Crippen LogP contribution in [0, 0.1) is 11.3 Å². The Hall–Kier alpha value is -2.43. The molecule has 7 heteroatoms. The first-order valence-corrected chi connectivity index (χ1v) is 9.31. The molecule has 1 atom stereocenters. The van der Waals surface area contributed by atoms with Gasteiger partial charge in [-0.25, -0.2) is 9.97 Å². The van der Waals surface area contributed by atoms with Crippen LogP contribution >= 0.6 is 0 Å². The van der Waals surface area contributed by atoms with Gasteiger partial charge in [0.1, 0.15) is 23.1 Å². The molecule has 3 N–H and O–H groups in total. The summed E-state index contributed by atoms with van der Waals surface area (Å²) in [5.74, 6) is 0.719. The van der Waals surface area contributed by atoms with Crippen LogP contribution in [0.4, 0.5) is 0 Å². The molecule has 3 heterocycles. The van der Waals surface area contributed by atoms with Crippen molar-refractivity contribution in [3.05, 3.63) is 24.3 Å². The van der Waals surface area contributed by atoms with Crippen molar-refractivity contribution in [1.82, 2.24) is 24.8 Å². The summed E-state index contributed by atoms with van der Waals surface area (Å²) in [5.41, 5.74) is 2.75. The monoisotopic (exact) mass is 352 g/mol. The van der Waals surface area contributed by atoms with Gasteiger partial charge >= 0.3 is 0 Å². The molecule has 3 aromatic heterocycles. The second kappa shape index (κ2) is 7.06. The van der Waals surface area contributed by atoms with Crippen molar-refractivity contribution in [2.45, 2.75) is 57.2 Å². The molecule has 7 nitrogen and oxygen atoms in total. The topological polar surface area (TPSA) is 103 Å². The number of nitrogens with zero attached hydrogens (tertiary/aromatic N) is 4. The fourth-order valence-electron chi connectivity index (χ4n) is 4.14. The highest BCUT2D eigenvalue weighted by Crippen LogP contribution is 2.36. The van der Waals surface area contributed by atoms with E-state index in [0.29, 0.717) is 18.5 Å². The SMILES string of the molecule is C[C@@H](O)c1nc2cnc3[nH]ccc3c2n1[C@H]1CC[C@H](NCCC#N)CC1. The van der Waals surface area contributed by atoms with E-state index < -0.39 is 6.10 Å². The molecule has 1 aliphatic rings. The molecule has 1 fully saturated rings. The molecule has 3 aromatic rings. The third-order valence-corrected chi connectivity index (χ3v) is 5.37. The molecule has 136 valence electrons. The Kier molecular flexibility index (Phi) is 4.62. The maximum absolute atomic E-state index is 10.3. The molecule has 0 unspecified atom stereocenters. The normalized spacial score (nSPS) is 21.9. The number of aliphatic hydroxyl groups excluding tert-OH is 1. The number of imidazole rings is 1. The fourth-order valence-corrected chi connectivity index (χ4v) is 4.14. The van der Waals surface area contributed by atoms with Gasteiger partial charge in [-0.05, 0) is 38.7 Å². The van der Waals surface area contributed by atoms with Crippen LogP contribution in [0.1, 0.15) is 57.0 Å². The van der Waals surface area contributed by atoms with Crippen molar-refractivity contribution in [2.75, 3.05) is 6.54 Å². The number of hydrogen-bond acceptors (Lipinski definition) is 5. The van der Waals surface area contributed by atoms with Crippen LogP contribution in [-0.2, 0) is 0 Å². The van der Waals surface area contributed by atoms with E-state index >= 15 is 0 Å². The van der Waals surface area contributed by atoms with Crippen LogP contribution in [0.2, 0.25) is 0 Å². The maximum atomic E-state index is 10.3. The Morgan fingerprint density at radius 2 is 2.23 bits per heavy atom. The lowest BCUT2D eigenvalue weighted by molar-refractivity contribution is 0.176. The molecule has 0 saturated heterocycles. The second-order valence-corrected chi connectivity index (χ2v) is 7.12. The van der Waals surface area contributed by atoms with Gasteiger partial charge in [-0.2, -0.15) is 5.26 Å². The zero-order chi connectivity index (χ0) is 18.1. The summed E-state index contributed by atoms with van der Waals surface area (Å²) in [6.07, 6.45) is 7.80. The third kappa shape index (κ3) is 2.96. The first-order chi connectivity index (χ1) is 12.7. The third-order valence-electron chi connectivity index (χ3n) is 5.37. The fraction of sp³-hybridized carbons (Fsp3) is 0.526. The first-order valence-electron chi connectivity index (χ1n) is 9.31. The van der Waals surface area contributed by atoms with Crippen LogP contribution < -0.4 is 5.32 Å². The number of fused-ring (bicyclic) bond motifs is 3. The quantitative estimate of drug-likeness (QED) is 0.613. The number of aliphatic hydroxyl groups is 1. The van der Waals surface area contributed by atoms with E-state index in [4.69, 9.17) is 5.26 Å². The molecule has 0 amide bonds. The minimum Gasteiger partial charge on any atom is -0.385 e. The van der Waals surface area contributed by atoms with E-state index in [2.05, 4.69) is 30.9 Å². The van der Waals surface area contributed by atoms with Crippen LogP contribution in [0.15, 0.2) is 18.5 Å². The van der Waals surface area contributed by atoms with Gasteiger partial charge in [0.25, 0.3) is 0 Å². The Morgan fingerprint density at radius 1 is 1.42 bits per heavy atom. The van der Waals surface area contributed by atoms with Crippen LogP contribution in [-0.4, -0.2) is 37.2 Å². The van der Waals surface area contributed by atoms with Gasteiger partial charge in [0, 0.05) is 36.6 Å². The number of H-pyrrole nitrogens is 1. The van der Waals surface area contributed by atoms with Crippen molar-refractivity contribution >= 4 is 22.1 Å². The van der Waals surface area contributed by atoms with Gasteiger partial charge in [0.2, 0.25) is 0 Å². The summed E-state index contributed by atoms with van der Waals surface area (Å²) in [6.45, 7) is 2.53. The highest BCUT2D eigenvalue weighted by molar-refractivity contribution is 6.01. The molecule has 0 aromatic carbocycles. The van der Waals surface area contributed by atoms with E-state index in [1.807, 2.05) is 12.3 Å². The lowest BCUT2D eigenvalue weighted by Gasteiger charge is -2.31. The van der Waals surface area contributed by atoms with E-state index in [0.717, 1.165) is 60.1 Å². The molecule has 0 bridgehead atoms. The zero-order valence-electron chi connectivity index (χ0n) is 14.9. The van der Waals surface area contributed by atoms with Crippen LogP contribution in [0.5, 0.6) is 0 Å². The second-order valence-electron chi connectivity index (χ2n) is 7.12. The van der Waals surface area contributed by atoms with Gasteiger partial charge in [-0.1, -0.05) is 0 Å². The van der Waals surface area contributed by atoms with Crippen molar-refractivity contribution in [1.29, 1.82) is 5.26 Å². The molecular weight excluding hydrogens is 328 g/mol. The number of aromatic nitrogens is 4. The number of nitrogens with one attached hydrogen (secondary N) is 2. The first kappa shape index (κ1) is 17.0. The van der Waals surface area contributed by atoms with Crippen molar-refractivity contribution < 1.29 is 5.11 Å². The van der Waals surface area contributed by atoms with Crippen molar-refractivity contribution in [2.24, 2.45) is 0 Å². The summed E-state index contributed by atoms with van der Waals surface area (Å²) in [4.78, 5) is 12.3. The van der Waals surface area contributed by atoms with Gasteiger partial charge in [0.15, 0.2) is 0 Å². The standard InChI is InChI=1S/C19H24N6O/c1-12(26)19-24-16-11-23-18-15(7-10-22-18)17(16)25(19)14-5-3-13(4-6-14)21-9-2-8-20/h7,10-14,21,26H,2-6,9H2,1H3,(H,22,23)/t12-,13-,14-/m1/s1. The smallest absolute Gasteiger partial charge is 0.139 e. The predicted octanol–water partition coefficient (Wildman–Crippen LogP) is 2.95. The molecule has 1 aliphatic carbocycles. The Bertz CT molecular complexity index is 942. The van der Waals surface area contributed by atoms with Crippen molar-refractivity contribution in [3.8, 4) is 6.07 Å². The number of rotatable bonds is 5. The highest BCUT2D eigenvalue weighted by Gasteiger charge is 2.27. The molecule has 26 heavy (non-hydrogen) atoms. The average Bonchev–Trinajstić information content (AvgIpc) is 3.26. The predicted molar refractivity (Wildman–Crippen MR) is 99.5 cm³/mol. The summed E-state index contributed by atoms with van der Waals surface area (Å²) < 4.78 is 2.24. The Labute approximate surface area is 152 Å². The number of hydrogen-bond donors (Lipinski definition) is 3. The highest BCUT2D eigenvalue weighted by atomic mass is 16.3. The van der Waals surface area contributed by atoms with Gasteiger partial charge in [0.05, 0.1) is 17.8 Å². The van der Waals surface area contributed by atoms with Crippen LogP contribution in [0.25, 0.3) is 22.1 Å². The minimum absolute atomic E-state index is 0.319. The van der Waals surface area contributed by atoms with E-state index in [1.54, 1.807) is 13.1 Å². The summed E-state index contributed by atoms with van der Waals surface area (Å²) >= 11 is 0. The summed E-state index contributed by atoms with van der Waals surface area (Å²) in [6, 6.07) is 5.00. The zero-order valence-corrected chi connectivity index (χ0v) is 14.9.